The Kier molecular flexibility index (Phi) is 7.96. The Morgan fingerprint density at radius 2 is 0.855 bits per heavy atom. The maximum absolute atomic E-state index is 2.53. The van der Waals surface area contributed by atoms with E-state index in [0.717, 1.165) is 17.1 Å². The summed E-state index contributed by atoms with van der Waals surface area (Å²) in [4.78, 5) is 2.53. The van der Waals surface area contributed by atoms with E-state index in [4.69, 9.17) is 0 Å². The maximum Gasteiger partial charge on any atom is 0.0620 e. The van der Waals surface area contributed by atoms with Gasteiger partial charge in [-0.1, -0.05) is 191 Å². The molecule has 0 N–H and O–H groups in total. The van der Waals surface area contributed by atoms with Gasteiger partial charge in [-0.2, -0.15) is 0 Å². The summed E-state index contributed by atoms with van der Waals surface area (Å²) in [5.74, 6) is 0. The molecule has 2 nitrogen and oxygen atoms in total. The lowest BCUT2D eigenvalue weighted by Crippen LogP contribution is -2.16. The summed E-state index contributed by atoms with van der Waals surface area (Å²) in [5, 5.41) is 2.49. The van der Waals surface area contributed by atoms with Gasteiger partial charge in [-0.3, -0.25) is 0 Å². The van der Waals surface area contributed by atoms with Gasteiger partial charge in [0.15, 0.2) is 0 Å². The first-order valence-corrected chi connectivity index (χ1v) is 21.9. The number of nitrogens with zero attached hydrogens (tertiary/aromatic N) is 2. The zero-order chi connectivity index (χ0) is 41.7. The molecule has 0 spiro atoms. The fraction of sp³-hybridized carbons (Fsp3) is 0.100. The highest BCUT2D eigenvalue weighted by molar-refractivity contribution is 6.15. The Balaban J connectivity index is 1.11. The molecule has 1 heterocycles. The Bertz CT molecular complexity index is 3400. The Hall–Kier alpha value is -7.42. The standard InChI is InChI=1S/C60H46N2/c1-59(2)49-28-12-8-23-47(49)56-42(25-17-30-51(56)59)39-35-37-41(38-36-39)61(55-34-18-31-52-57(55)48-24-9-13-29-50(48)60(52,3)4)53-32-14-10-21-43(53)45-26-16-27-46-44-22-11-15-33-54(44)62(58(45)46)40-19-6-5-7-20-40/h5-38H,1-4H3. The normalized spacial score (nSPS) is 14.1. The van der Waals surface area contributed by atoms with E-state index in [2.05, 4.69) is 243 Å². The number of rotatable bonds is 6. The second kappa shape index (κ2) is 13.5. The predicted octanol–water partition coefficient (Wildman–Crippen LogP) is 16.2. The van der Waals surface area contributed by atoms with Gasteiger partial charge in [0.2, 0.25) is 0 Å². The van der Waals surface area contributed by atoms with E-state index in [0.29, 0.717) is 0 Å². The second-order valence-electron chi connectivity index (χ2n) is 18.1. The third kappa shape index (κ3) is 5.16. The molecule has 9 aromatic carbocycles. The molecule has 0 fully saturated rings. The minimum atomic E-state index is -0.142. The van der Waals surface area contributed by atoms with E-state index < -0.39 is 0 Å². The van der Waals surface area contributed by atoms with E-state index in [9.17, 15) is 0 Å². The second-order valence-corrected chi connectivity index (χ2v) is 18.1. The topological polar surface area (TPSA) is 8.17 Å². The maximum atomic E-state index is 2.53. The van der Waals surface area contributed by atoms with Gasteiger partial charge in [-0.25, -0.2) is 0 Å². The summed E-state index contributed by atoms with van der Waals surface area (Å²) >= 11 is 0. The highest BCUT2D eigenvalue weighted by Crippen LogP contribution is 2.56. The molecule has 0 radical (unpaired) electrons. The van der Waals surface area contributed by atoms with Gasteiger partial charge in [0.05, 0.1) is 22.4 Å². The van der Waals surface area contributed by atoms with Crippen LogP contribution in [0.1, 0.15) is 49.9 Å². The van der Waals surface area contributed by atoms with Crippen LogP contribution in [0.2, 0.25) is 0 Å². The lowest BCUT2D eigenvalue weighted by molar-refractivity contribution is 0.660. The monoisotopic (exact) mass is 794 g/mol. The number of anilines is 3. The van der Waals surface area contributed by atoms with Gasteiger partial charge in [0.25, 0.3) is 0 Å². The van der Waals surface area contributed by atoms with Crippen LogP contribution in [0, 0.1) is 0 Å². The summed E-state index contributed by atoms with van der Waals surface area (Å²) in [7, 11) is 0. The molecule has 296 valence electrons. The van der Waals surface area contributed by atoms with Crippen LogP contribution in [0.4, 0.5) is 17.1 Å². The molecule has 1 aromatic heterocycles. The Labute approximate surface area is 364 Å². The number of aromatic nitrogens is 1. The minimum Gasteiger partial charge on any atom is -0.309 e. The number of para-hydroxylation sites is 4. The van der Waals surface area contributed by atoms with E-state index in [1.165, 1.54) is 94.3 Å². The van der Waals surface area contributed by atoms with E-state index in [1.54, 1.807) is 0 Å². The van der Waals surface area contributed by atoms with E-state index in [-0.39, 0.29) is 10.8 Å². The summed E-state index contributed by atoms with van der Waals surface area (Å²) < 4.78 is 2.45. The van der Waals surface area contributed by atoms with Crippen molar-refractivity contribution in [3.63, 3.8) is 0 Å². The van der Waals surface area contributed by atoms with Gasteiger partial charge in [-0.05, 0) is 92.5 Å². The van der Waals surface area contributed by atoms with Crippen LogP contribution in [0.3, 0.4) is 0 Å². The van der Waals surface area contributed by atoms with Gasteiger partial charge < -0.3 is 9.47 Å². The van der Waals surface area contributed by atoms with E-state index in [1.807, 2.05) is 0 Å². The third-order valence-electron chi connectivity index (χ3n) is 14.0. The van der Waals surface area contributed by atoms with Crippen molar-refractivity contribution in [1.82, 2.24) is 4.57 Å². The van der Waals surface area contributed by atoms with Gasteiger partial charge >= 0.3 is 0 Å². The molecule has 0 amide bonds. The number of benzene rings is 9. The average molecular weight is 795 g/mol. The molecule has 0 atom stereocenters. The highest BCUT2D eigenvalue weighted by atomic mass is 15.1. The first-order valence-electron chi connectivity index (χ1n) is 21.9. The van der Waals surface area contributed by atoms with Crippen molar-refractivity contribution in [2.75, 3.05) is 4.90 Å². The SMILES string of the molecule is CC1(C)c2ccccc2-c2c(-c3ccc(N(c4ccccc4-c4cccc5c6ccccc6n(-c6ccccc6)c45)c4cccc5c4-c4ccccc4C5(C)C)cc3)cccc21. The summed E-state index contributed by atoms with van der Waals surface area (Å²) in [6.45, 7) is 9.46. The zero-order valence-electron chi connectivity index (χ0n) is 35.5. The van der Waals surface area contributed by atoms with Gasteiger partial charge in [-0.15, -0.1) is 0 Å². The van der Waals surface area contributed by atoms with Crippen LogP contribution >= 0.6 is 0 Å². The molecular weight excluding hydrogens is 749 g/mol. The van der Waals surface area contributed by atoms with Gasteiger partial charge in [0, 0.05) is 49.7 Å². The molecule has 2 heteroatoms. The van der Waals surface area contributed by atoms with Crippen LogP contribution in [-0.4, -0.2) is 4.57 Å². The van der Waals surface area contributed by atoms with Crippen molar-refractivity contribution in [3.05, 3.63) is 229 Å². The van der Waals surface area contributed by atoms with Crippen molar-refractivity contribution in [3.8, 4) is 50.2 Å². The smallest absolute Gasteiger partial charge is 0.0620 e. The predicted molar refractivity (Wildman–Crippen MR) is 261 cm³/mol. The van der Waals surface area contributed by atoms with Crippen molar-refractivity contribution in [2.45, 2.75) is 38.5 Å². The van der Waals surface area contributed by atoms with Crippen molar-refractivity contribution in [2.24, 2.45) is 0 Å². The number of hydrogen-bond acceptors (Lipinski definition) is 1. The lowest BCUT2D eigenvalue weighted by atomic mass is 9.82. The van der Waals surface area contributed by atoms with Crippen LogP contribution < -0.4 is 4.90 Å². The van der Waals surface area contributed by atoms with Crippen molar-refractivity contribution in [1.29, 1.82) is 0 Å². The fourth-order valence-electron chi connectivity index (χ4n) is 11.1. The molecule has 0 unspecified atom stereocenters. The molecule has 62 heavy (non-hydrogen) atoms. The fourth-order valence-corrected chi connectivity index (χ4v) is 11.1. The minimum absolute atomic E-state index is 0.0603. The average Bonchev–Trinajstić information content (AvgIpc) is 3.87. The largest absolute Gasteiger partial charge is 0.309 e. The van der Waals surface area contributed by atoms with Crippen molar-refractivity contribution < 1.29 is 0 Å². The molecule has 0 saturated carbocycles. The summed E-state index contributed by atoms with van der Waals surface area (Å²) in [6, 6.07) is 76.5. The van der Waals surface area contributed by atoms with E-state index >= 15 is 0 Å². The molecule has 0 bridgehead atoms. The van der Waals surface area contributed by atoms with Crippen LogP contribution in [0.15, 0.2) is 206 Å². The molecule has 2 aliphatic carbocycles. The van der Waals surface area contributed by atoms with Crippen LogP contribution in [0.25, 0.3) is 72.0 Å². The number of fused-ring (bicyclic) bond motifs is 9. The molecule has 2 aliphatic rings. The third-order valence-corrected chi connectivity index (χ3v) is 14.0. The van der Waals surface area contributed by atoms with Crippen molar-refractivity contribution >= 4 is 38.9 Å². The molecule has 0 saturated heterocycles. The highest BCUT2D eigenvalue weighted by Gasteiger charge is 2.39. The quantitative estimate of drug-likeness (QED) is 0.163. The van der Waals surface area contributed by atoms with Gasteiger partial charge in [0.1, 0.15) is 0 Å². The zero-order valence-corrected chi connectivity index (χ0v) is 35.5. The summed E-state index contributed by atoms with van der Waals surface area (Å²) in [6.07, 6.45) is 0. The lowest BCUT2D eigenvalue weighted by Gasteiger charge is -2.31. The summed E-state index contributed by atoms with van der Waals surface area (Å²) in [5.41, 5.74) is 22.4. The molecular formula is C60H46N2. The molecule has 12 rings (SSSR count). The molecule has 0 aliphatic heterocycles. The first-order chi connectivity index (χ1) is 30.3. The van der Waals surface area contributed by atoms with Crippen LogP contribution in [0.5, 0.6) is 0 Å². The number of hydrogen-bond donors (Lipinski definition) is 0. The Morgan fingerprint density at radius 3 is 1.60 bits per heavy atom. The first kappa shape index (κ1) is 36.4. The Morgan fingerprint density at radius 1 is 0.355 bits per heavy atom. The van der Waals surface area contributed by atoms with Crippen LogP contribution in [-0.2, 0) is 10.8 Å². The molecule has 10 aromatic rings.